The van der Waals surface area contributed by atoms with E-state index in [1.165, 1.54) is 12.1 Å². The van der Waals surface area contributed by atoms with Crippen LogP contribution in [0.3, 0.4) is 0 Å². The Morgan fingerprint density at radius 1 is 1.35 bits per heavy atom. The normalized spacial score (nSPS) is 11.3. The summed E-state index contributed by atoms with van der Waals surface area (Å²) in [6.07, 6.45) is 0. The van der Waals surface area contributed by atoms with Crippen LogP contribution in [0.5, 0.6) is 0 Å². The summed E-state index contributed by atoms with van der Waals surface area (Å²) >= 11 is 6.32. The third kappa shape index (κ3) is 3.52. The largest absolute Gasteiger partial charge is 0.321 e. The van der Waals surface area contributed by atoms with Gasteiger partial charge in [-0.25, -0.2) is 4.98 Å². The minimum atomic E-state index is -2.65. The van der Waals surface area contributed by atoms with Crippen molar-refractivity contribution in [2.24, 2.45) is 7.05 Å². The highest BCUT2D eigenvalue weighted by Gasteiger charge is 2.20. The second kappa shape index (κ2) is 7.20. The average molecular weight is 397 g/mol. The molecule has 0 bridgehead atoms. The van der Waals surface area contributed by atoms with Gasteiger partial charge >= 0.3 is 0 Å². The molecule has 0 spiro atoms. The minimum absolute atomic E-state index is 0.127. The number of hydrogen-bond donors (Lipinski definition) is 1. The van der Waals surface area contributed by atoms with Gasteiger partial charge in [-0.3, -0.25) is 9.48 Å². The topological polar surface area (TPSA) is 59.8 Å². The number of hydrogen-bond acceptors (Lipinski definition) is 4. The van der Waals surface area contributed by atoms with Gasteiger partial charge < -0.3 is 5.32 Å². The quantitative estimate of drug-likeness (QED) is 0.643. The van der Waals surface area contributed by atoms with Crippen molar-refractivity contribution in [3.05, 3.63) is 46.2 Å². The number of anilines is 1. The number of rotatable bonds is 4. The zero-order chi connectivity index (χ0) is 19.0. The Labute approximate surface area is 157 Å². The molecule has 1 N–H and O–H groups in total. The van der Waals surface area contributed by atoms with Crippen molar-refractivity contribution in [2.75, 3.05) is 5.32 Å². The highest BCUT2D eigenvalue weighted by Crippen LogP contribution is 2.38. The van der Waals surface area contributed by atoms with Crippen LogP contribution in [-0.2, 0) is 7.05 Å². The van der Waals surface area contributed by atoms with Crippen LogP contribution < -0.4 is 5.32 Å². The maximum Gasteiger partial charge on any atom is 0.289 e. The molecular formula is C17H15ClF2N4OS. The van der Waals surface area contributed by atoms with Crippen LogP contribution >= 0.6 is 23.4 Å². The van der Waals surface area contributed by atoms with Crippen molar-refractivity contribution in [2.45, 2.75) is 24.5 Å². The molecule has 26 heavy (non-hydrogen) atoms. The second-order valence-corrected chi connectivity index (χ2v) is 7.08. The lowest BCUT2D eigenvalue weighted by Gasteiger charge is -2.13. The number of nitrogens with one attached hydrogen (secondary N) is 1. The van der Waals surface area contributed by atoms with Crippen molar-refractivity contribution < 1.29 is 13.6 Å². The Balaban J connectivity index is 2.05. The zero-order valence-electron chi connectivity index (χ0n) is 14.2. The maximum atomic E-state index is 12.9. The fraction of sp³-hybridized carbons (Fsp3) is 0.235. The summed E-state index contributed by atoms with van der Waals surface area (Å²) in [5.41, 5.74) is 2.51. The highest BCUT2D eigenvalue weighted by molar-refractivity contribution is 7.99. The number of pyridine rings is 1. The first-order chi connectivity index (χ1) is 12.3. The van der Waals surface area contributed by atoms with Gasteiger partial charge in [-0.1, -0.05) is 29.4 Å². The third-order valence-electron chi connectivity index (χ3n) is 3.76. The van der Waals surface area contributed by atoms with E-state index in [9.17, 15) is 13.6 Å². The molecule has 9 heteroatoms. The highest BCUT2D eigenvalue weighted by atomic mass is 35.5. The molecule has 3 aromatic rings. The van der Waals surface area contributed by atoms with E-state index in [0.717, 1.165) is 0 Å². The molecule has 0 saturated heterocycles. The van der Waals surface area contributed by atoms with Crippen LogP contribution in [0, 0.1) is 13.8 Å². The van der Waals surface area contributed by atoms with Gasteiger partial charge in [0.05, 0.1) is 32.2 Å². The van der Waals surface area contributed by atoms with Gasteiger partial charge in [0.2, 0.25) is 0 Å². The van der Waals surface area contributed by atoms with Crippen molar-refractivity contribution in [3.8, 4) is 0 Å². The van der Waals surface area contributed by atoms with Crippen molar-refractivity contribution >= 4 is 46.0 Å². The number of nitrogens with zero attached hydrogens (tertiary/aromatic N) is 3. The molecule has 0 atom stereocenters. The van der Waals surface area contributed by atoms with E-state index in [4.69, 9.17) is 11.6 Å². The predicted molar refractivity (Wildman–Crippen MR) is 99.2 cm³/mol. The Kier molecular flexibility index (Phi) is 5.15. The molecule has 2 aromatic heterocycles. The van der Waals surface area contributed by atoms with Gasteiger partial charge in [0.15, 0.2) is 5.65 Å². The number of fused-ring (bicyclic) bond motifs is 1. The minimum Gasteiger partial charge on any atom is -0.321 e. The molecule has 0 unspecified atom stereocenters. The summed E-state index contributed by atoms with van der Waals surface area (Å²) in [6, 6.07) is 6.28. The molecule has 0 radical (unpaired) electrons. The van der Waals surface area contributed by atoms with Crippen LogP contribution in [-0.4, -0.2) is 26.4 Å². The van der Waals surface area contributed by atoms with Crippen molar-refractivity contribution in [1.29, 1.82) is 0 Å². The smallest absolute Gasteiger partial charge is 0.289 e. The molecule has 0 aliphatic heterocycles. The zero-order valence-corrected chi connectivity index (χ0v) is 15.8. The standard InChI is InChI=1S/C17H15ClF2N4OS/c1-8-7-10(13-9(2)23-24(3)15(13)21-8)16(25)22-12-6-4-5-11(18)14(12)26-17(19)20/h4-7,17H,1-3H3,(H,22,25). The fourth-order valence-electron chi connectivity index (χ4n) is 2.75. The lowest BCUT2D eigenvalue weighted by Crippen LogP contribution is -2.14. The maximum absolute atomic E-state index is 12.9. The number of amides is 1. The molecule has 5 nitrogen and oxygen atoms in total. The monoisotopic (exact) mass is 396 g/mol. The number of aromatic nitrogens is 3. The van der Waals surface area contributed by atoms with Gasteiger partial charge in [0.1, 0.15) is 0 Å². The predicted octanol–water partition coefficient (Wildman–Crippen LogP) is 4.81. The lowest BCUT2D eigenvalue weighted by atomic mass is 10.1. The molecule has 2 heterocycles. The molecular weight excluding hydrogens is 382 g/mol. The van der Waals surface area contributed by atoms with E-state index in [2.05, 4.69) is 15.4 Å². The van der Waals surface area contributed by atoms with Gasteiger partial charge in [-0.15, -0.1) is 0 Å². The Morgan fingerprint density at radius 3 is 2.77 bits per heavy atom. The van der Waals surface area contributed by atoms with Gasteiger partial charge in [-0.05, 0) is 32.0 Å². The van der Waals surface area contributed by atoms with Crippen LogP contribution in [0.4, 0.5) is 14.5 Å². The first-order valence-corrected chi connectivity index (χ1v) is 8.89. The van der Waals surface area contributed by atoms with E-state index in [1.54, 1.807) is 37.7 Å². The third-order valence-corrected chi connectivity index (χ3v) is 5.04. The van der Waals surface area contributed by atoms with Crippen LogP contribution in [0.25, 0.3) is 11.0 Å². The van der Waals surface area contributed by atoms with E-state index < -0.39 is 11.7 Å². The van der Waals surface area contributed by atoms with Gasteiger partial charge in [0, 0.05) is 12.7 Å². The fourth-order valence-corrected chi connectivity index (χ4v) is 3.67. The van der Waals surface area contributed by atoms with E-state index >= 15 is 0 Å². The number of alkyl halides is 2. The Morgan fingerprint density at radius 2 is 2.08 bits per heavy atom. The van der Waals surface area contributed by atoms with E-state index in [1.807, 2.05) is 0 Å². The van der Waals surface area contributed by atoms with Crippen LogP contribution in [0.15, 0.2) is 29.2 Å². The van der Waals surface area contributed by atoms with Crippen molar-refractivity contribution in [1.82, 2.24) is 14.8 Å². The second-order valence-electron chi connectivity index (χ2n) is 5.67. The lowest BCUT2D eigenvalue weighted by molar-refractivity contribution is 0.102. The van der Waals surface area contributed by atoms with Crippen molar-refractivity contribution in [3.63, 3.8) is 0 Å². The van der Waals surface area contributed by atoms with E-state index in [0.29, 0.717) is 39.7 Å². The summed E-state index contributed by atoms with van der Waals surface area (Å²) in [5.74, 6) is -3.09. The first-order valence-electron chi connectivity index (χ1n) is 7.63. The number of carbonyl (C=O) groups is 1. The summed E-state index contributed by atoms with van der Waals surface area (Å²) in [7, 11) is 1.75. The number of thioether (sulfide) groups is 1. The Bertz CT molecular complexity index is 1010. The Hall–Kier alpha value is -2.19. The summed E-state index contributed by atoms with van der Waals surface area (Å²) in [6.45, 7) is 3.56. The summed E-state index contributed by atoms with van der Waals surface area (Å²) in [5, 5.41) is 7.77. The average Bonchev–Trinajstić information content (AvgIpc) is 2.84. The summed E-state index contributed by atoms with van der Waals surface area (Å²) in [4.78, 5) is 17.4. The van der Waals surface area contributed by atoms with Gasteiger partial charge in [0.25, 0.3) is 11.7 Å². The summed E-state index contributed by atoms with van der Waals surface area (Å²) < 4.78 is 27.3. The first kappa shape index (κ1) is 18.6. The molecule has 1 aromatic carbocycles. The molecule has 0 fully saturated rings. The molecule has 3 rings (SSSR count). The van der Waals surface area contributed by atoms with Gasteiger partial charge in [-0.2, -0.15) is 13.9 Å². The van der Waals surface area contributed by atoms with Crippen LogP contribution in [0.2, 0.25) is 5.02 Å². The molecule has 1 amide bonds. The SMILES string of the molecule is Cc1cc(C(=O)Nc2cccc(Cl)c2SC(F)F)c2c(C)nn(C)c2n1. The molecule has 0 aliphatic rings. The number of halogens is 3. The number of carbonyl (C=O) groups excluding carboxylic acids is 1. The molecule has 0 aliphatic carbocycles. The van der Waals surface area contributed by atoms with Crippen LogP contribution in [0.1, 0.15) is 21.7 Å². The number of aryl methyl sites for hydroxylation is 3. The molecule has 0 saturated carbocycles. The number of benzene rings is 1. The van der Waals surface area contributed by atoms with E-state index in [-0.39, 0.29) is 15.6 Å². The molecule has 136 valence electrons.